The molecule has 4 rings (SSSR count). The van der Waals surface area contributed by atoms with Gasteiger partial charge in [-0.25, -0.2) is 0 Å². The normalized spacial score (nSPS) is 18.9. The third kappa shape index (κ3) is 4.37. The second kappa shape index (κ2) is 8.95. The third-order valence-electron chi connectivity index (χ3n) is 5.12. The molecule has 3 heterocycles. The average Bonchev–Trinajstić information content (AvgIpc) is 2.96. The highest BCUT2D eigenvalue weighted by molar-refractivity contribution is 5.79. The van der Waals surface area contributed by atoms with E-state index >= 15 is 0 Å². The van der Waals surface area contributed by atoms with Crippen LogP contribution in [0.5, 0.6) is 11.5 Å². The summed E-state index contributed by atoms with van der Waals surface area (Å²) >= 11 is 0. The lowest BCUT2D eigenvalue weighted by atomic mass is 10.2. The zero-order chi connectivity index (χ0) is 19.2. The van der Waals surface area contributed by atoms with Crippen LogP contribution in [-0.4, -0.2) is 53.6 Å². The van der Waals surface area contributed by atoms with E-state index in [2.05, 4.69) is 30.4 Å². The summed E-state index contributed by atoms with van der Waals surface area (Å²) in [5.41, 5.74) is 0. The van der Waals surface area contributed by atoms with Crippen molar-refractivity contribution in [2.75, 3.05) is 26.7 Å². The third-order valence-corrected chi connectivity index (χ3v) is 5.12. The van der Waals surface area contributed by atoms with Gasteiger partial charge in [-0.2, -0.15) is 0 Å². The Morgan fingerprint density at radius 1 is 1.18 bits per heavy atom. The highest BCUT2D eigenvalue weighted by Crippen LogP contribution is 2.30. The molecule has 0 fully saturated rings. The highest BCUT2D eigenvalue weighted by Gasteiger charge is 2.20. The van der Waals surface area contributed by atoms with Crippen molar-refractivity contribution in [3.05, 3.63) is 35.9 Å². The lowest BCUT2D eigenvalue weighted by Crippen LogP contribution is -2.45. The van der Waals surface area contributed by atoms with Gasteiger partial charge in [-0.05, 0) is 25.0 Å². The Hall–Kier alpha value is -2.77. The number of fused-ring (bicyclic) bond motifs is 2. The smallest absolute Gasteiger partial charge is 0.191 e. The molecule has 0 aliphatic carbocycles. The molecule has 1 atom stereocenters. The van der Waals surface area contributed by atoms with E-state index in [1.54, 1.807) is 7.05 Å². The van der Waals surface area contributed by atoms with E-state index in [9.17, 15) is 0 Å². The van der Waals surface area contributed by atoms with Crippen LogP contribution in [0, 0.1) is 0 Å². The van der Waals surface area contributed by atoms with Gasteiger partial charge in [0.25, 0.3) is 0 Å². The van der Waals surface area contributed by atoms with Crippen LogP contribution in [0.1, 0.15) is 30.9 Å². The zero-order valence-corrected chi connectivity index (χ0v) is 16.4. The van der Waals surface area contributed by atoms with Gasteiger partial charge in [-0.15, -0.1) is 10.2 Å². The van der Waals surface area contributed by atoms with E-state index in [1.165, 1.54) is 19.3 Å². The Morgan fingerprint density at radius 3 is 2.96 bits per heavy atom. The number of benzene rings is 1. The summed E-state index contributed by atoms with van der Waals surface area (Å²) in [5.74, 6) is 4.52. The molecule has 0 amide bonds. The first-order chi connectivity index (χ1) is 13.8. The number of guanidine groups is 1. The van der Waals surface area contributed by atoms with Crippen molar-refractivity contribution in [2.24, 2.45) is 4.99 Å². The van der Waals surface area contributed by atoms with Crippen molar-refractivity contribution in [1.29, 1.82) is 0 Å². The van der Waals surface area contributed by atoms with Crippen molar-refractivity contribution in [1.82, 2.24) is 25.4 Å². The lowest BCUT2D eigenvalue weighted by molar-refractivity contribution is 0.0936. The molecule has 8 heteroatoms. The molecule has 0 saturated carbocycles. The molecule has 2 aliphatic rings. The van der Waals surface area contributed by atoms with Crippen LogP contribution in [0.15, 0.2) is 29.3 Å². The van der Waals surface area contributed by atoms with E-state index in [4.69, 9.17) is 9.47 Å². The van der Waals surface area contributed by atoms with Gasteiger partial charge >= 0.3 is 0 Å². The van der Waals surface area contributed by atoms with E-state index in [0.29, 0.717) is 13.2 Å². The summed E-state index contributed by atoms with van der Waals surface area (Å²) < 4.78 is 14.0. The quantitative estimate of drug-likeness (QED) is 0.601. The van der Waals surface area contributed by atoms with Crippen molar-refractivity contribution in [2.45, 2.75) is 44.8 Å². The number of nitrogens with zero attached hydrogens (tertiary/aromatic N) is 4. The predicted molar refractivity (Wildman–Crippen MR) is 107 cm³/mol. The number of aryl methyl sites for hydroxylation is 1. The van der Waals surface area contributed by atoms with Crippen LogP contribution in [0.25, 0.3) is 0 Å². The van der Waals surface area contributed by atoms with Crippen molar-refractivity contribution in [3.8, 4) is 11.5 Å². The number of hydrogen-bond acceptors (Lipinski definition) is 5. The summed E-state index contributed by atoms with van der Waals surface area (Å²) in [6.07, 6.45) is 5.50. The van der Waals surface area contributed by atoms with Crippen LogP contribution >= 0.6 is 0 Å². The fourth-order valence-corrected chi connectivity index (χ4v) is 3.62. The van der Waals surface area contributed by atoms with Gasteiger partial charge < -0.3 is 24.7 Å². The summed E-state index contributed by atoms with van der Waals surface area (Å²) in [5, 5.41) is 15.4. The van der Waals surface area contributed by atoms with Crippen LogP contribution in [0.2, 0.25) is 0 Å². The maximum absolute atomic E-state index is 5.97. The Balaban J connectivity index is 1.23. The Bertz CT molecular complexity index is 819. The molecule has 0 bridgehead atoms. The van der Waals surface area contributed by atoms with Gasteiger partial charge in [0.1, 0.15) is 24.4 Å². The highest BCUT2D eigenvalue weighted by atomic mass is 16.6. The molecule has 2 aliphatic heterocycles. The minimum Gasteiger partial charge on any atom is -0.486 e. The maximum atomic E-state index is 5.97. The van der Waals surface area contributed by atoms with Gasteiger partial charge in [0, 0.05) is 33.0 Å². The second-order valence-electron chi connectivity index (χ2n) is 7.12. The van der Waals surface area contributed by atoms with E-state index in [-0.39, 0.29) is 6.10 Å². The average molecular weight is 384 g/mol. The SMILES string of the molecule is CN=C(NCCc1nnc2n1CCCCC2)NCC1COc2ccccc2O1. The largest absolute Gasteiger partial charge is 0.486 e. The minimum atomic E-state index is -0.0549. The van der Waals surface area contributed by atoms with Crippen molar-refractivity contribution in [3.63, 3.8) is 0 Å². The first-order valence-electron chi connectivity index (χ1n) is 10.1. The molecule has 1 unspecified atom stereocenters. The number of ether oxygens (including phenoxy) is 2. The van der Waals surface area contributed by atoms with Gasteiger partial charge in [-0.3, -0.25) is 4.99 Å². The molecule has 8 nitrogen and oxygen atoms in total. The van der Waals surface area contributed by atoms with Crippen molar-refractivity contribution >= 4 is 5.96 Å². The Kier molecular flexibility index (Phi) is 5.94. The molecule has 150 valence electrons. The number of hydrogen-bond donors (Lipinski definition) is 2. The Labute approximate surface area is 165 Å². The van der Waals surface area contributed by atoms with Gasteiger partial charge in [-0.1, -0.05) is 18.6 Å². The van der Waals surface area contributed by atoms with Crippen LogP contribution in [0.3, 0.4) is 0 Å². The standard InChI is InChI=1S/C20H28N6O2/c1-21-20(23-13-15-14-27-16-7-4-5-8-17(16)28-15)22-11-10-19-25-24-18-9-3-2-6-12-26(18)19/h4-5,7-8,15H,2-3,6,9-14H2,1H3,(H2,21,22,23). The lowest BCUT2D eigenvalue weighted by Gasteiger charge is -2.27. The molecular formula is C20H28N6O2. The van der Waals surface area contributed by atoms with E-state index < -0.39 is 0 Å². The second-order valence-corrected chi connectivity index (χ2v) is 7.12. The molecular weight excluding hydrogens is 356 g/mol. The molecule has 2 N–H and O–H groups in total. The van der Waals surface area contributed by atoms with Crippen LogP contribution in [-0.2, 0) is 19.4 Å². The fourth-order valence-electron chi connectivity index (χ4n) is 3.62. The number of para-hydroxylation sites is 2. The topological polar surface area (TPSA) is 85.6 Å². The summed E-state index contributed by atoms with van der Waals surface area (Å²) in [4.78, 5) is 4.29. The number of aromatic nitrogens is 3. The summed E-state index contributed by atoms with van der Waals surface area (Å²) in [6.45, 7) is 2.93. The fraction of sp³-hybridized carbons (Fsp3) is 0.550. The predicted octanol–water partition coefficient (Wildman–Crippen LogP) is 1.55. The number of nitrogens with one attached hydrogen (secondary N) is 2. The first kappa shape index (κ1) is 18.6. The Morgan fingerprint density at radius 2 is 2.07 bits per heavy atom. The molecule has 0 spiro atoms. The van der Waals surface area contributed by atoms with Gasteiger partial charge in [0.2, 0.25) is 0 Å². The summed E-state index contributed by atoms with van der Waals surface area (Å²) in [7, 11) is 1.77. The van der Waals surface area contributed by atoms with Gasteiger partial charge in [0.05, 0.1) is 6.54 Å². The van der Waals surface area contributed by atoms with Gasteiger partial charge in [0.15, 0.2) is 17.5 Å². The maximum Gasteiger partial charge on any atom is 0.191 e. The molecule has 28 heavy (non-hydrogen) atoms. The molecule has 1 aromatic heterocycles. The molecule has 0 saturated heterocycles. The summed E-state index contributed by atoms with van der Waals surface area (Å²) in [6, 6.07) is 7.74. The zero-order valence-electron chi connectivity index (χ0n) is 16.4. The monoisotopic (exact) mass is 384 g/mol. The molecule has 2 aromatic rings. The molecule has 1 aromatic carbocycles. The minimum absolute atomic E-state index is 0.0549. The van der Waals surface area contributed by atoms with Crippen LogP contribution < -0.4 is 20.1 Å². The van der Waals surface area contributed by atoms with Crippen LogP contribution in [0.4, 0.5) is 0 Å². The van der Waals surface area contributed by atoms with Crippen molar-refractivity contribution < 1.29 is 9.47 Å². The van der Waals surface area contributed by atoms with E-state index in [0.717, 1.165) is 55.0 Å². The number of aliphatic imine (C=N–C) groups is 1. The first-order valence-corrected chi connectivity index (χ1v) is 10.1. The number of rotatable bonds is 5. The van der Waals surface area contributed by atoms with E-state index in [1.807, 2.05) is 24.3 Å². The molecule has 0 radical (unpaired) electrons.